The van der Waals surface area contributed by atoms with Gasteiger partial charge in [0.15, 0.2) is 0 Å². The minimum Gasteiger partial charge on any atom is -0.405 e. The molecule has 0 radical (unpaired) electrons. The molecule has 0 aliphatic heterocycles. The molecule has 0 saturated heterocycles. The summed E-state index contributed by atoms with van der Waals surface area (Å²) in [6, 6.07) is 0. The zero-order valence-corrected chi connectivity index (χ0v) is 8.48. The van der Waals surface area contributed by atoms with E-state index in [9.17, 15) is 13.2 Å². The van der Waals surface area contributed by atoms with Gasteiger partial charge < -0.3 is 4.74 Å². The SMILES string of the molecule is C=C(C)N=CC(=C)OC(F)(F)F.CC. The molecule has 0 heterocycles. The van der Waals surface area contributed by atoms with Crippen molar-refractivity contribution in [1.29, 1.82) is 0 Å². The zero-order valence-electron chi connectivity index (χ0n) is 8.48. The maximum Gasteiger partial charge on any atom is 0.573 e. The normalized spacial score (nSPS) is 10.4. The summed E-state index contributed by atoms with van der Waals surface area (Å²) < 4.78 is 37.8. The van der Waals surface area contributed by atoms with Crippen molar-refractivity contribution in [2.75, 3.05) is 0 Å². The Morgan fingerprint density at radius 1 is 1.29 bits per heavy atom. The summed E-state index contributed by atoms with van der Waals surface area (Å²) in [6.07, 6.45) is -3.85. The predicted molar refractivity (Wildman–Crippen MR) is 50.9 cm³/mol. The summed E-state index contributed by atoms with van der Waals surface area (Å²) in [6.45, 7) is 11.9. The van der Waals surface area contributed by atoms with Gasteiger partial charge in [-0.2, -0.15) is 0 Å². The van der Waals surface area contributed by atoms with Gasteiger partial charge in [0.05, 0.1) is 6.21 Å². The van der Waals surface area contributed by atoms with E-state index in [4.69, 9.17) is 0 Å². The highest BCUT2D eigenvalue weighted by molar-refractivity contribution is 5.75. The maximum atomic E-state index is 11.5. The number of alkyl halides is 3. The molecule has 0 bridgehead atoms. The van der Waals surface area contributed by atoms with Crippen LogP contribution in [-0.4, -0.2) is 12.6 Å². The number of ether oxygens (including phenoxy) is 1. The van der Waals surface area contributed by atoms with Crippen LogP contribution in [0.2, 0.25) is 0 Å². The summed E-state index contributed by atoms with van der Waals surface area (Å²) in [5.74, 6) is -0.564. The highest BCUT2D eigenvalue weighted by Crippen LogP contribution is 2.18. The molecule has 0 aliphatic rings. The molecule has 0 aliphatic carbocycles. The third-order valence-electron chi connectivity index (χ3n) is 0.676. The lowest BCUT2D eigenvalue weighted by molar-refractivity contribution is -0.301. The van der Waals surface area contributed by atoms with Crippen molar-refractivity contribution in [1.82, 2.24) is 0 Å². The van der Waals surface area contributed by atoms with Gasteiger partial charge in [-0.1, -0.05) is 27.0 Å². The van der Waals surface area contributed by atoms with Gasteiger partial charge >= 0.3 is 6.36 Å². The molecule has 0 amide bonds. The fourth-order valence-corrected chi connectivity index (χ4v) is 0.357. The topological polar surface area (TPSA) is 21.6 Å². The van der Waals surface area contributed by atoms with Crippen molar-refractivity contribution < 1.29 is 17.9 Å². The first-order chi connectivity index (χ1) is 6.31. The first-order valence-corrected chi connectivity index (χ1v) is 3.95. The molecule has 0 fully saturated rings. The van der Waals surface area contributed by atoms with Gasteiger partial charge in [0, 0.05) is 5.70 Å². The van der Waals surface area contributed by atoms with Crippen LogP contribution in [0.15, 0.2) is 29.6 Å². The monoisotopic (exact) mass is 209 g/mol. The second-order valence-electron chi connectivity index (χ2n) is 2.01. The number of rotatable bonds is 3. The number of hydrogen-bond acceptors (Lipinski definition) is 2. The van der Waals surface area contributed by atoms with Crippen molar-refractivity contribution in [2.24, 2.45) is 4.99 Å². The van der Waals surface area contributed by atoms with E-state index in [2.05, 4.69) is 22.9 Å². The zero-order chi connectivity index (χ0) is 11.8. The van der Waals surface area contributed by atoms with Gasteiger partial charge in [-0.25, -0.2) is 0 Å². The molecule has 0 unspecified atom stereocenters. The summed E-state index contributed by atoms with van der Waals surface area (Å²) in [5.41, 5.74) is 0.377. The smallest absolute Gasteiger partial charge is 0.405 e. The minimum atomic E-state index is -4.71. The Morgan fingerprint density at radius 2 is 1.71 bits per heavy atom. The number of halogens is 3. The molecule has 0 aromatic heterocycles. The Balaban J connectivity index is 0. The molecule has 14 heavy (non-hydrogen) atoms. The molecule has 0 N–H and O–H groups in total. The fraction of sp³-hybridized carbons (Fsp3) is 0.444. The van der Waals surface area contributed by atoms with Crippen molar-refractivity contribution in [2.45, 2.75) is 27.1 Å². The van der Waals surface area contributed by atoms with Crippen molar-refractivity contribution in [3.05, 3.63) is 24.6 Å². The van der Waals surface area contributed by atoms with E-state index < -0.39 is 12.1 Å². The molecule has 0 spiro atoms. The predicted octanol–water partition coefficient (Wildman–Crippen LogP) is 3.67. The molecule has 0 rings (SSSR count). The minimum absolute atomic E-state index is 0.377. The Labute approximate surface area is 81.8 Å². The van der Waals surface area contributed by atoms with Crippen LogP contribution in [0.25, 0.3) is 0 Å². The van der Waals surface area contributed by atoms with Crippen LogP contribution in [0.3, 0.4) is 0 Å². The molecule has 0 aromatic carbocycles. The van der Waals surface area contributed by atoms with E-state index in [0.717, 1.165) is 6.21 Å². The van der Waals surface area contributed by atoms with Crippen LogP contribution in [0.1, 0.15) is 20.8 Å². The van der Waals surface area contributed by atoms with E-state index in [-0.39, 0.29) is 0 Å². The molecule has 0 atom stereocenters. The number of nitrogens with zero attached hydrogens (tertiary/aromatic N) is 1. The lowest BCUT2D eigenvalue weighted by Crippen LogP contribution is -2.12. The van der Waals surface area contributed by atoms with E-state index in [0.29, 0.717) is 5.70 Å². The summed E-state index contributed by atoms with van der Waals surface area (Å²) in [7, 11) is 0. The molecule has 2 nitrogen and oxygen atoms in total. The van der Waals surface area contributed by atoms with E-state index in [1.54, 1.807) is 0 Å². The van der Waals surface area contributed by atoms with Crippen molar-refractivity contribution >= 4 is 6.21 Å². The molecule has 0 aromatic rings. The second kappa shape index (κ2) is 7.17. The third kappa shape index (κ3) is 13.3. The van der Waals surface area contributed by atoms with Crippen LogP contribution < -0.4 is 0 Å². The average molecular weight is 209 g/mol. The molecular formula is C9H14F3NO. The quantitative estimate of drug-likeness (QED) is 0.513. The largest absolute Gasteiger partial charge is 0.573 e. The maximum absolute atomic E-state index is 11.5. The number of aliphatic imine (C=N–C) groups is 1. The van der Waals surface area contributed by atoms with Crippen LogP contribution >= 0.6 is 0 Å². The summed E-state index contributed by atoms with van der Waals surface area (Å²) in [5, 5.41) is 0. The highest BCUT2D eigenvalue weighted by atomic mass is 19.4. The van der Waals surface area contributed by atoms with E-state index in [1.807, 2.05) is 13.8 Å². The van der Waals surface area contributed by atoms with Gasteiger partial charge in [0.25, 0.3) is 0 Å². The molecule has 0 saturated carbocycles. The van der Waals surface area contributed by atoms with Gasteiger partial charge in [0.1, 0.15) is 5.76 Å². The van der Waals surface area contributed by atoms with Crippen molar-refractivity contribution in [3.8, 4) is 0 Å². The van der Waals surface area contributed by atoms with Gasteiger partial charge in [-0.15, -0.1) is 13.2 Å². The fourth-order valence-electron chi connectivity index (χ4n) is 0.357. The average Bonchev–Trinajstić information content (AvgIpc) is 2.02. The van der Waals surface area contributed by atoms with Crippen LogP contribution in [-0.2, 0) is 4.74 Å². The molecule has 5 heteroatoms. The van der Waals surface area contributed by atoms with E-state index >= 15 is 0 Å². The van der Waals surface area contributed by atoms with Crippen LogP contribution in [0.4, 0.5) is 13.2 Å². The third-order valence-corrected chi connectivity index (χ3v) is 0.676. The van der Waals surface area contributed by atoms with Gasteiger partial charge in [-0.05, 0) is 6.92 Å². The first-order valence-electron chi connectivity index (χ1n) is 3.95. The van der Waals surface area contributed by atoms with Gasteiger partial charge in [0.2, 0.25) is 0 Å². The lowest BCUT2D eigenvalue weighted by Gasteiger charge is -2.06. The Morgan fingerprint density at radius 3 is 2.00 bits per heavy atom. The Hall–Kier alpha value is -1.26. The van der Waals surface area contributed by atoms with Crippen molar-refractivity contribution in [3.63, 3.8) is 0 Å². The Bertz CT molecular complexity index is 219. The standard InChI is InChI=1S/C7H8F3NO.C2H6/c1-5(2)11-4-6(3)12-7(8,9)10;1-2/h4H,1,3H2,2H3;1-2H3. The van der Waals surface area contributed by atoms with E-state index in [1.165, 1.54) is 6.92 Å². The van der Waals surface area contributed by atoms with Crippen LogP contribution in [0, 0.1) is 0 Å². The highest BCUT2D eigenvalue weighted by Gasteiger charge is 2.31. The second-order valence-corrected chi connectivity index (χ2v) is 2.01. The first kappa shape index (κ1) is 15.2. The number of hydrogen-bond donors (Lipinski definition) is 0. The summed E-state index contributed by atoms with van der Waals surface area (Å²) in [4.78, 5) is 3.46. The van der Waals surface area contributed by atoms with Gasteiger partial charge in [-0.3, -0.25) is 4.99 Å². The lowest BCUT2D eigenvalue weighted by atomic mass is 10.5. The molecular weight excluding hydrogens is 195 g/mol. The Kier molecular flexibility index (Phi) is 7.80. The molecule has 82 valence electrons. The summed E-state index contributed by atoms with van der Waals surface area (Å²) >= 11 is 0. The number of allylic oxidation sites excluding steroid dienone is 2. The van der Waals surface area contributed by atoms with Crippen LogP contribution in [0.5, 0.6) is 0 Å².